The van der Waals surface area contributed by atoms with Crippen LogP contribution in [0.25, 0.3) is 0 Å². The molecule has 3 heteroatoms. The third kappa shape index (κ3) is 3.01. The number of thiol groups is 1. The summed E-state index contributed by atoms with van der Waals surface area (Å²) >= 11 is 4.23. The summed E-state index contributed by atoms with van der Waals surface area (Å²) in [5.41, 5.74) is 0.893. The van der Waals surface area contributed by atoms with Crippen LogP contribution in [-0.4, -0.2) is 16.3 Å². The van der Waals surface area contributed by atoms with Crippen LogP contribution in [0.5, 0.6) is 0 Å². The highest BCUT2D eigenvalue weighted by molar-refractivity contribution is 7.81. The minimum Gasteiger partial charge on any atom is -0.480 e. The maximum atomic E-state index is 11.1. The summed E-state index contributed by atoms with van der Waals surface area (Å²) < 4.78 is 0. The van der Waals surface area contributed by atoms with Gasteiger partial charge in [0.2, 0.25) is 0 Å². The molecule has 1 aromatic rings. The molecule has 1 aromatic carbocycles. The molecule has 0 heterocycles. The Bertz CT molecular complexity index is 354. The molecule has 0 amide bonds. The normalized spacial score (nSPS) is 15.5. The molecule has 0 aliphatic carbocycles. The molecule has 1 rings (SSSR count). The second-order valence-corrected chi connectivity index (χ2v) is 5.59. The van der Waals surface area contributed by atoms with E-state index < -0.39 is 11.2 Å². The summed E-state index contributed by atoms with van der Waals surface area (Å²) in [5, 5.41) is 8.42. The average molecular weight is 238 g/mol. The van der Waals surface area contributed by atoms with E-state index in [2.05, 4.69) is 12.6 Å². The van der Waals surface area contributed by atoms with Gasteiger partial charge < -0.3 is 5.11 Å². The number of carboxylic acids is 1. The summed E-state index contributed by atoms with van der Waals surface area (Å²) in [6.07, 6.45) is 0. The van der Waals surface area contributed by atoms with Crippen molar-refractivity contribution in [2.24, 2.45) is 5.41 Å². The van der Waals surface area contributed by atoms with E-state index >= 15 is 0 Å². The molecule has 0 aliphatic rings. The van der Waals surface area contributed by atoms with Crippen molar-refractivity contribution in [2.45, 2.75) is 31.9 Å². The molecule has 0 saturated heterocycles. The molecular formula is C13H18O2S. The van der Waals surface area contributed by atoms with Crippen molar-refractivity contribution in [3.63, 3.8) is 0 Å². The maximum Gasteiger partial charge on any atom is 0.317 e. The highest BCUT2D eigenvalue weighted by atomic mass is 32.1. The topological polar surface area (TPSA) is 37.3 Å². The molecule has 2 nitrogen and oxygen atoms in total. The fourth-order valence-corrected chi connectivity index (χ4v) is 2.58. The lowest BCUT2D eigenvalue weighted by Gasteiger charge is -2.33. The highest BCUT2D eigenvalue weighted by Crippen LogP contribution is 2.39. The smallest absolute Gasteiger partial charge is 0.317 e. The van der Waals surface area contributed by atoms with E-state index in [0.29, 0.717) is 0 Å². The number of benzene rings is 1. The van der Waals surface area contributed by atoms with Crippen molar-refractivity contribution in [1.29, 1.82) is 0 Å². The van der Waals surface area contributed by atoms with Gasteiger partial charge in [0.15, 0.2) is 0 Å². The van der Waals surface area contributed by atoms with Gasteiger partial charge in [0.1, 0.15) is 5.25 Å². The largest absolute Gasteiger partial charge is 0.480 e. The molecule has 2 unspecified atom stereocenters. The third-order valence-corrected chi connectivity index (χ3v) is 3.18. The monoisotopic (exact) mass is 238 g/mol. The first-order valence-electron chi connectivity index (χ1n) is 5.30. The zero-order valence-electron chi connectivity index (χ0n) is 9.84. The Morgan fingerprint density at radius 1 is 1.25 bits per heavy atom. The summed E-state index contributed by atoms with van der Waals surface area (Å²) in [7, 11) is 0. The number of carboxylic acid groups (broad SMARTS) is 1. The minimum atomic E-state index is -0.868. The quantitative estimate of drug-likeness (QED) is 0.793. The molecule has 0 saturated carbocycles. The van der Waals surface area contributed by atoms with E-state index in [1.165, 1.54) is 0 Å². The predicted molar refractivity (Wildman–Crippen MR) is 69.0 cm³/mol. The Balaban J connectivity index is 3.12. The van der Waals surface area contributed by atoms with Crippen molar-refractivity contribution in [3.8, 4) is 0 Å². The molecule has 0 spiro atoms. The zero-order chi connectivity index (χ0) is 12.3. The van der Waals surface area contributed by atoms with Crippen molar-refractivity contribution in [2.75, 3.05) is 0 Å². The second kappa shape index (κ2) is 4.91. The number of hydrogen-bond donors (Lipinski definition) is 2. The Morgan fingerprint density at radius 3 is 2.12 bits per heavy atom. The van der Waals surface area contributed by atoms with Crippen molar-refractivity contribution in [3.05, 3.63) is 35.9 Å². The fraction of sp³-hybridized carbons (Fsp3) is 0.462. The molecule has 1 N–H and O–H groups in total. The molecule has 0 aliphatic heterocycles. The summed E-state index contributed by atoms with van der Waals surface area (Å²) in [6, 6.07) is 9.70. The zero-order valence-corrected chi connectivity index (χ0v) is 10.7. The van der Waals surface area contributed by atoms with Crippen LogP contribution >= 0.6 is 12.6 Å². The first-order valence-corrected chi connectivity index (χ1v) is 5.81. The van der Waals surface area contributed by atoms with Crippen LogP contribution in [0.4, 0.5) is 0 Å². The molecule has 16 heavy (non-hydrogen) atoms. The first-order chi connectivity index (χ1) is 7.34. The molecule has 2 atom stereocenters. The summed E-state index contributed by atoms with van der Waals surface area (Å²) in [4.78, 5) is 11.1. The molecule has 0 bridgehead atoms. The lowest BCUT2D eigenvalue weighted by Crippen LogP contribution is -2.32. The van der Waals surface area contributed by atoms with Gasteiger partial charge in [0.05, 0.1) is 0 Å². The van der Waals surface area contributed by atoms with E-state index in [1.54, 1.807) is 0 Å². The van der Waals surface area contributed by atoms with Gasteiger partial charge in [0.25, 0.3) is 0 Å². The van der Waals surface area contributed by atoms with Gasteiger partial charge in [-0.2, -0.15) is 12.6 Å². The van der Waals surface area contributed by atoms with Crippen LogP contribution in [0.2, 0.25) is 0 Å². The lowest BCUT2D eigenvalue weighted by molar-refractivity contribution is -0.137. The van der Waals surface area contributed by atoms with E-state index in [0.717, 1.165) is 5.56 Å². The molecule has 0 fully saturated rings. The Morgan fingerprint density at radius 2 is 1.75 bits per heavy atom. The van der Waals surface area contributed by atoms with E-state index in [-0.39, 0.29) is 11.3 Å². The fourth-order valence-electron chi connectivity index (χ4n) is 1.96. The van der Waals surface area contributed by atoms with Gasteiger partial charge in [0, 0.05) is 5.92 Å². The third-order valence-electron chi connectivity index (χ3n) is 2.66. The van der Waals surface area contributed by atoms with Crippen LogP contribution < -0.4 is 0 Å². The Kier molecular flexibility index (Phi) is 4.03. The molecule has 88 valence electrons. The van der Waals surface area contributed by atoms with Crippen LogP contribution in [0, 0.1) is 5.41 Å². The number of hydrogen-bond acceptors (Lipinski definition) is 2. The summed E-state index contributed by atoms with van der Waals surface area (Å²) in [5.74, 6) is -0.971. The highest BCUT2D eigenvalue weighted by Gasteiger charge is 2.35. The molecular weight excluding hydrogens is 220 g/mol. The van der Waals surface area contributed by atoms with Gasteiger partial charge in [-0.15, -0.1) is 0 Å². The van der Waals surface area contributed by atoms with E-state index in [9.17, 15) is 4.79 Å². The van der Waals surface area contributed by atoms with Crippen molar-refractivity contribution in [1.82, 2.24) is 0 Å². The predicted octanol–water partition coefficient (Wildman–Crippen LogP) is 3.20. The van der Waals surface area contributed by atoms with E-state index in [1.807, 2.05) is 51.1 Å². The first kappa shape index (κ1) is 13.1. The van der Waals surface area contributed by atoms with Gasteiger partial charge in [-0.25, -0.2) is 0 Å². The van der Waals surface area contributed by atoms with Crippen LogP contribution in [-0.2, 0) is 4.79 Å². The number of carbonyl (C=O) groups is 1. The van der Waals surface area contributed by atoms with Gasteiger partial charge in [-0.3, -0.25) is 4.79 Å². The number of rotatable bonds is 3. The Hall–Kier alpha value is -0.960. The summed E-state index contributed by atoms with van der Waals surface area (Å²) in [6.45, 7) is 6.12. The van der Waals surface area contributed by atoms with Gasteiger partial charge in [-0.1, -0.05) is 51.1 Å². The molecule has 0 radical (unpaired) electrons. The van der Waals surface area contributed by atoms with Crippen LogP contribution in [0.15, 0.2) is 30.3 Å². The van der Waals surface area contributed by atoms with Crippen LogP contribution in [0.1, 0.15) is 32.3 Å². The SMILES string of the molecule is CC(C)(C)C(c1ccccc1)C(S)C(=O)O. The lowest BCUT2D eigenvalue weighted by atomic mass is 9.74. The Labute approximate surface area is 102 Å². The minimum absolute atomic E-state index is 0.102. The van der Waals surface area contributed by atoms with E-state index in [4.69, 9.17) is 5.11 Å². The van der Waals surface area contributed by atoms with Crippen molar-refractivity contribution < 1.29 is 9.90 Å². The average Bonchev–Trinajstić information content (AvgIpc) is 2.17. The van der Waals surface area contributed by atoms with Gasteiger partial charge in [-0.05, 0) is 11.0 Å². The van der Waals surface area contributed by atoms with Crippen LogP contribution in [0.3, 0.4) is 0 Å². The van der Waals surface area contributed by atoms with Crippen molar-refractivity contribution >= 4 is 18.6 Å². The number of aliphatic carboxylic acids is 1. The second-order valence-electron chi connectivity index (χ2n) is 5.04. The maximum absolute atomic E-state index is 11.1. The standard InChI is InChI=1S/C13H18O2S/c1-13(2,3)10(11(16)12(14)15)9-7-5-4-6-8-9/h4-8,10-11,16H,1-3H3,(H,14,15). The van der Waals surface area contributed by atoms with Gasteiger partial charge >= 0.3 is 5.97 Å². The molecule has 0 aromatic heterocycles.